The molecule has 0 atom stereocenters. The summed E-state index contributed by atoms with van der Waals surface area (Å²) >= 11 is 0. The van der Waals surface area contributed by atoms with Crippen molar-refractivity contribution in [2.45, 2.75) is 25.4 Å². The lowest BCUT2D eigenvalue weighted by Crippen LogP contribution is -2.51. The van der Waals surface area contributed by atoms with Crippen LogP contribution in [0.5, 0.6) is 0 Å². The maximum atomic E-state index is 12.9. The van der Waals surface area contributed by atoms with Gasteiger partial charge in [0.2, 0.25) is 11.8 Å². The molecule has 0 spiro atoms. The molecule has 0 N–H and O–H groups in total. The van der Waals surface area contributed by atoms with Crippen LogP contribution >= 0.6 is 0 Å². The Labute approximate surface area is 202 Å². The van der Waals surface area contributed by atoms with Gasteiger partial charge in [0.25, 0.3) is 0 Å². The number of hydrogen-bond donors (Lipinski definition) is 0. The number of amides is 2. The van der Waals surface area contributed by atoms with E-state index >= 15 is 0 Å². The van der Waals surface area contributed by atoms with Crippen LogP contribution in [0.3, 0.4) is 0 Å². The molecule has 176 valence electrons. The van der Waals surface area contributed by atoms with Gasteiger partial charge in [0.15, 0.2) is 0 Å². The van der Waals surface area contributed by atoms with Crippen molar-refractivity contribution in [3.63, 3.8) is 0 Å². The summed E-state index contributed by atoms with van der Waals surface area (Å²) in [4.78, 5) is 29.1. The van der Waals surface area contributed by atoms with Crippen LogP contribution in [0.2, 0.25) is 0 Å². The highest BCUT2D eigenvalue weighted by molar-refractivity contribution is 5.79. The number of rotatable bonds is 9. The molecule has 3 aromatic rings. The fourth-order valence-electron chi connectivity index (χ4n) is 4.34. The molecule has 3 aromatic carbocycles. The third-order valence-corrected chi connectivity index (χ3v) is 6.26. The highest BCUT2D eigenvalue weighted by Crippen LogP contribution is 2.25. The lowest BCUT2D eigenvalue weighted by molar-refractivity contribution is -0.143. The zero-order valence-electron chi connectivity index (χ0n) is 19.5. The van der Waals surface area contributed by atoms with E-state index in [0.29, 0.717) is 32.6 Å². The van der Waals surface area contributed by atoms with Gasteiger partial charge in [-0.3, -0.25) is 9.59 Å². The van der Waals surface area contributed by atoms with Crippen molar-refractivity contribution in [1.29, 1.82) is 0 Å². The second-order valence-corrected chi connectivity index (χ2v) is 8.61. The second-order valence-electron chi connectivity index (χ2n) is 8.61. The first-order valence-electron chi connectivity index (χ1n) is 12.0. The molecule has 1 heterocycles. The largest absolute Gasteiger partial charge is 0.359 e. The molecule has 1 aliphatic heterocycles. The summed E-state index contributed by atoms with van der Waals surface area (Å²) in [6.07, 6.45) is 2.00. The van der Waals surface area contributed by atoms with Gasteiger partial charge in [0.1, 0.15) is 12.7 Å². The topological polar surface area (TPSA) is 49.9 Å². The van der Waals surface area contributed by atoms with Gasteiger partial charge in [-0.25, -0.2) is 0 Å². The summed E-state index contributed by atoms with van der Waals surface area (Å²) in [7, 11) is 0. The van der Waals surface area contributed by atoms with Gasteiger partial charge in [-0.15, -0.1) is 0 Å². The number of benzene rings is 3. The van der Waals surface area contributed by atoms with E-state index in [-0.39, 0.29) is 24.5 Å². The van der Waals surface area contributed by atoms with Crippen molar-refractivity contribution < 1.29 is 14.3 Å². The van der Waals surface area contributed by atoms with Gasteiger partial charge in [-0.05, 0) is 29.5 Å². The molecular formula is C29H32N2O3. The van der Waals surface area contributed by atoms with Gasteiger partial charge in [-0.2, -0.15) is 0 Å². The van der Waals surface area contributed by atoms with Crippen molar-refractivity contribution >= 4 is 11.8 Å². The number of nitrogens with zero attached hydrogens (tertiary/aromatic N) is 2. The second kappa shape index (κ2) is 12.1. The van der Waals surface area contributed by atoms with Crippen LogP contribution in [0, 0.1) is 0 Å². The monoisotopic (exact) mass is 456 g/mol. The number of hydrogen-bond acceptors (Lipinski definition) is 3. The van der Waals surface area contributed by atoms with Crippen LogP contribution in [0.4, 0.5) is 0 Å². The summed E-state index contributed by atoms with van der Waals surface area (Å²) in [6.45, 7) is 2.27. The van der Waals surface area contributed by atoms with E-state index < -0.39 is 0 Å². The third-order valence-electron chi connectivity index (χ3n) is 6.26. The molecule has 1 aliphatic rings. The Bertz CT molecular complexity index is 993. The maximum Gasteiger partial charge on any atom is 0.248 e. The van der Waals surface area contributed by atoms with Crippen molar-refractivity contribution in [1.82, 2.24) is 9.80 Å². The van der Waals surface area contributed by atoms with Crippen LogP contribution in [0.25, 0.3) is 0 Å². The predicted molar refractivity (Wildman–Crippen MR) is 133 cm³/mol. The molecule has 5 nitrogen and oxygen atoms in total. The van der Waals surface area contributed by atoms with Gasteiger partial charge >= 0.3 is 0 Å². The highest BCUT2D eigenvalue weighted by Gasteiger charge is 2.25. The lowest BCUT2D eigenvalue weighted by atomic mass is 10.0. The van der Waals surface area contributed by atoms with Crippen LogP contribution in [0.1, 0.15) is 35.6 Å². The minimum Gasteiger partial charge on any atom is -0.359 e. The van der Waals surface area contributed by atoms with Crippen LogP contribution in [0.15, 0.2) is 91.0 Å². The Morgan fingerprint density at radius 3 is 1.68 bits per heavy atom. The average molecular weight is 457 g/mol. The maximum absolute atomic E-state index is 12.9. The first-order chi connectivity index (χ1) is 16.7. The van der Waals surface area contributed by atoms with Crippen molar-refractivity contribution in [3.05, 3.63) is 108 Å². The van der Waals surface area contributed by atoms with Crippen molar-refractivity contribution in [2.24, 2.45) is 0 Å². The Morgan fingerprint density at radius 2 is 1.15 bits per heavy atom. The summed E-state index contributed by atoms with van der Waals surface area (Å²) in [5.74, 6) is 0.139. The third kappa shape index (κ3) is 6.55. The Kier molecular flexibility index (Phi) is 8.47. The quantitative estimate of drug-likeness (QED) is 0.477. The first kappa shape index (κ1) is 23.7. The molecule has 0 radical (unpaired) electrons. The molecule has 2 amide bonds. The van der Waals surface area contributed by atoms with Crippen LogP contribution < -0.4 is 0 Å². The molecule has 0 bridgehead atoms. The van der Waals surface area contributed by atoms with Gasteiger partial charge in [-0.1, -0.05) is 91.0 Å². The molecule has 5 heteroatoms. The fraction of sp³-hybridized carbons (Fsp3) is 0.310. The zero-order chi connectivity index (χ0) is 23.6. The molecule has 0 aromatic heterocycles. The molecule has 0 saturated carbocycles. The van der Waals surface area contributed by atoms with Crippen LogP contribution in [-0.2, 0) is 20.7 Å². The first-order valence-corrected chi connectivity index (χ1v) is 12.0. The molecule has 1 fully saturated rings. The van der Waals surface area contributed by atoms with E-state index in [4.69, 9.17) is 4.74 Å². The summed E-state index contributed by atoms with van der Waals surface area (Å²) < 4.78 is 6.13. The number of piperazine rings is 1. The van der Waals surface area contributed by atoms with E-state index in [0.717, 1.165) is 24.0 Å². The van der Waals surface area contributed by atoms with Gasteiger partial charge in [0.05, 0.1) is 0 Å². The number of aryl methyl sites for hydroxylation is 1. The minimum absolute atomic E-state index is 0.0134. The zero-order valence-corrected chi connectivity index (χ0v) is 19.5. The molecule has 1 saturated heterocycles. The summed E-state index contributed by atoms with van der Waals surface area (Å²) in [5.41, 5.74) is 3.30. The Hall–Kier alpha value is -3.44. The number of carbonyl (C=O) groups excluding carboxylic acids is 2. The van der Waals surface area contributed by atoms with Crippen molar-refractivity contribution in [3.8, 4) is 0 Å². The molecule has 0 unspecified atom stereocenters. The normalized spacial score (nSPS) is 13.8. The number of ether oxygens (including phenoxy) is 1. The van der Waals surface area contributed by atoms with Gasteiger partial charge < -0.3 is 14.5 Å². The smallest absolute Gasteiger partial charge is 0.248 e. The molecule has 34 heavy (non-hydrogen) atoms. The van der Waals surface area contributed by atoms with Crippen molar-refractivity contribution in [2.75, 3.05) is 32.8 Å². The van der Waals surface area contributed by atoms with Crippen LogP contribution in [-0.4, -0.2) is 54.4 Å². The molecule has 0 aliphatic carbocycles. The standard InChI is InChI=1S/C29H32N2O3/c32-27(18-10-13-24-11-4-1-5-12-24)30-19-21-31(22-20-30)28(33)23-34-29(25-14-6-2-7-15-25)26-16-8-3-9-17-26/h1-9,11-12,14-17,29H,10,13,18-23H2. The Morgan fingerprint density at radius 1 is 0.676 bits per heavy atom. The fourth-order valence-corrected chi connectivity index (χ4v) is 4.34. The Balaban J connectivity index is 1.24. The molecular weight excluding hydrogens is 424 g/mol. The van der Waals surface area contributed by atoms with E-state index in [1.54, 1.807) is 4.90 Å². The SMILES string of the molecule is O=C(CCCc1ccccc1)N1CCN(C(=O)COC(c2ccccc2)c2ccccc2)CC1. The average Bonchev–Trinajstić information content (AvgIpc) is 2.90. The molecule has 4 rings (SSSR count). The van der Waals surface area contributed by atoms with E-state index in [2.05, 4.69) is 12.1 Å². The summed E-state index contributed by atoms with van der Waals surface area (Å²) in [6, 6.07) is 30.2. The predicted octanol–water partition coefficient (Wildman–Crippen LogP) is 4.49. The van der Waals surface area contributed by atoms with E-state index in [1.165, 1.54) is 5.56 Å². The van der Waals surface area contributed by atoms with Gasteiger partial charge in [0, 0.05) is 32.6 Å². The summed E-state index contributed by atoms with van der Waals surface area (Å²) in [5, 5.41) is 0. The lowest BCUT2D eigenvalue weighted by Gasteiger charge is -2.35. The van der Waals surface area contributed by atoms with E-state index in [1.807, 2.05) is 83.8 Å². The number of carbonyl (C=O) groups is 2. The van der Waals surface area contributed by atoms with E-state index in [9.17, 15) is 9.59 Å². The minimum atomic E-state index is -0.293. The highest BCUT2D eigenvalue weighted by atomic mass is 16.5.